The maximum absolute atomic E-state index is 13.3. The highest BCUT2D eigenvalue weighted by Crippen LogP contribution is 2.25. The molecular formula is C24H21ClN4O3. The molecule has 0 bridgehead atoms. The van der Waals surface area contributed by atoms with Crippen LogP contribution in [0.2, 0.25) is 5.02 Å². The summed E-state index contributed by atoms with van der Waals surface area (Å²) in [4.78, 5) is 30.8. The van der Waals surface area contributed by atoms with Crippen molar-refractivity contribution < 1.29 is 14.3 Å². The first-order valence-electron chi connectivity index (χ1n) is 10.00. The van der Waals surface area contributed by atoms with Gasteiger partial charge in [-0.15, -0.1) is 0 Å². The lowest BCUT2D eigenvalue weighted by molar-refractivity contribution is 0.0988. The van der Waals surface area contributed by atoms with E-state index in [1.165, 1.54) is 7.11 Å². The molecule has 8 heteroatoms. The molecule has 0 spiro atoms. The van der Waals surface area contributed by atoms with E-state index in [4.69, 9.17) is 11.6 Å². The molecule has 0 atom stereocenters. The van der Waals surface area contributed by atoms with Crippen LogP contribution in [0.1, 0.15) is 17.3 Å². The maximum Gasteiger partial charge on any atom is 0.411 e. The standard InChI is InChI=1S/C24H21ClN4O3/c1-3-28(20-11-7-18(25)8-12-20)23(30)17-6-13-22-26-14-21(29(22)15-17)16-4-9-19(10-5-16)27-24(31)32-2/h4-15H,3H2,1-2H3,(H,27,31). The third-order valence-electron chi connectivity index (χ3n) is 5.06. The number of fused-ring (bicyclic) bond motifs is 1. The van der Waals surface area contributed by atoms with Crippen LogP contribution in [0.4, 0.5) is 16.2 Å². The summed E-state index contributed by atoms with van der Waals surface area (Å²) in [6.45, 7) is 2.45. The number of halogens is 1. The summed E-state index contributed by atoms with van der Waals surface area (Å²) >= 11 is 5.99. The van der Waals surface area contributed by atoms with Gasteiger partial charge in [0, 0.05) is 34.7 Å². The highest BCUT2D eigenvalue weighted by atomic mass is 35.5. The van der Waals surface area contributed by atoms with Crippen LogP contribution in [-0.4, -0.2) is 35.0 Å². The van der Waals surface area contributed by atoms with Crippen LogP contribution in [0.5, 0.6) is 0 Å². The monoisotopic (exact) mass is 448 g/mol. The molecule has 0 aliphatic rings. The van der Waals surface area contributed by atoms with E-state index in [9.17, 15) is 9.59 Å². The Morgan fingerprint density at radius 3 is 2.44 bits per heavy atom. The molecule has 0 aliphatic carbocycles. The number of nitrogens with zero attached hydrogens (tertiary/aromatic N) is 3. The quantitative estimate of drug-likeness (QED) is 0.437. The van der Waals surface area contributed by atoms with E-state index < -0.39 is 6.09 Å². The fourth-order valence-electron chi connectivity index (χ4n) is 3.43. The first-order valence-corrected chi connectivity index (χ1v) is 10.4. The first kappa shape index (κ1) is 21.4. The zero-order chi connectivity index (χ0) is 22.7. The van der Waals surface area contributed by atoms with Crippen molar-refractivity contribution in [2.75, 3.05) is 23.9 Å². The number of hydrogen-bond acceptors (Lipinski definition) is 4. The van der Waals surface area contributed by atoms with Crippen molar-refractivity contribution in [1.29, 1.82) is 0 Å². The molecule has 2 aromatic carbocycles. The van der Waals surface area contributed by atoms with Gasteiger partial charge in [-0.05, 0) is 55.5 Å². The number of carbonyl (C=O) groups excluding carboxylic acids is 2. The number of carbonyl (C=O) groups is 2. The van der Waals surface area contributed by atoms with Crippen LogP contribution in [0.25, 0.3) is 16.9 Å². The summed E-state index contributed by atoms with van der Waals surface area (Å²) in [7, 11) is 1.31. The number of methoxy groups -OCH3 is 1. The van der Waals surface area contributed by atoms with Crippen molar-refractivity contribution in [3.05, 3.63) is 83.6 Å². The molecule has 2 amide bonds. The molecule has 2 heterocycles. The Morgan fingerprint density at radius 2 is 1.78 bits per heavy atom. The Hall–Kier alpha value is -3.84. The molecule has 7 nitrogen and oxygen atoms in total. The van der Waals surface area contributed by atoms with Crippen molar-refractivity contribution in [3.63, 3.8) is 0 Å². The molecule has 32 heavy (non-hydrogen) atoms. The molecular weight excluding hydrogens is 428 g/mol. The molecule has 0 saturated carbocycles. The van der Waals surface area contributed by atoms with E-state index in [-0.39, 0.29) is 5.91 Å². The van der Waals surface area contributed by atoms with Gasteiger partial charge >= 0.3 is 6.09 Å². The van der Waals surface area contributed by atoms with E-state index >= 15 is 0 Å². The molecule has 2 aromatic heterocycles. The van der Waals surface area contributed by atoms with Gasteiger partial charge in [-0.3, -0.25) is 14.5 Å². The highest BCUT2D eigenvalue weighted by molar-refractivity contribution is 6.30. The molecule has 4 aromatic rings. The lowest BCUT2D eigenvalue weighted by Gasteiger charge is -2.21. The fourth-order valence-corrected chi connectivity index (χ4v) is 3.56. The summed E-state index contributed by atoms with van der Waals surface area (Å²) in [6, 6.07) is 18.1. The zero-order valence-corrected chi connectivity index (χ0v) is 18.3. The Morgan fingerprint density at radius 1 is 1.06 bits per heavy atom. The molecule has 4 rings (SSSR count). The largest absolute Gasteiger partial charge is 0.453 e. The van der Waals surface area contributed by atoms with Crippen LogP contribution in [0.15, 0.2) is 73.1 Å². The normalized spacial score (nSPS) is 10.7. The molecule has 0 aliphatic heterocycles. The third-order valence-corrected chi connectivity index (χ3v) is 5.32. The Kier molecular flexibility index (Phi) is 6.09. The number of hydrogen-bond donors (Lipinski definition) is 1. The second-order valence-corrected chi connectivity index (χ2v) is 7.45. The number of pyridine rings is 1. The maximum atomic E-state index is 13.3. The Balaban J connectivity index is 1.66. The summed E-state index contributed by atoms with van der Waals surface area (Å²) in [5.74, 6) is -0.117. The van der Waals surface area contributed by atoms with Crippen LogP contribution in [0, 0.1) is 0 Å². The van der Waals surface area contributed by atoms with Gasteiger partial charge in [0.05, 0.1) is 24.6 Å². The number of imidazole rings is 1. The number of rotatable bonds is 5. The average Bonchev–Trinajstić information content (AvgIpc) is 3.24. The minimum Gasteiger partial charge on any atom is -0.453 e. The fraction of sp³-hybridized carbons (Fsp3) is 0.125. The predicted molar refractivity (Wildman–Crippen MR) is 125 cm³/mol. The smallest absolute Gasteiger partial charge is 0.411 e. The van der Waals surface area contributed by atoms with E-state index in [2.05, 4.69) is 15.0 Å². The molecule has 0 fully saturated rings. The number of benzene rings is 2. The van der Waals surface area contributed by atoms with Crippen molar-refractivity contribution in [2.45, 2.75) is 6.92 Å². The van der Waals surface area contributed by atoms with Gasteiger partial charge in [-0.2, -0.15) is 0 Å². The van der Waals surface area contributed by atoms with Crippen LogP contribution in [0.3, 0.4) is 0 Å². The van der Waals surface area contributed by atoms with Crippen LogP contribution < -0.4 is 10.2 Å². The number of amides is 2. The van der Waals surface area contributed by atoms with Crippen LogP contribution >= 0.6 is 11.6 Å². The van der Waals surface area contributed by atoms with Gasteiger partial charge in [-0.25, -0.2) is 9.78 Å². The topological polar surface area (TPSA) is 75.9 Å². The number of ether oxygens (including phenoxy) is 1. The minimum absolute atomic E-state index is 0.117. The van der Waals surface area contributed by atoms with E-state index in [0.717, 1.165) is 22.6 Å². The summed E-state index contributed by atoms with van der Waals surface area (Å²) < 4.78 is 6.49. The van der Waals surface area contributed by atoms with Crippen molar-refractivity contribution in [1.82, 2.24) is 9.38 Å². The van der Waals surface area contributed by atoms with Gasteiger partial charge in [0.1, 0.15) is 5.65 Å². The summed E-state index contributed by atoms with van der Waals surface area (Å²) in [5.41, 5.74) is 4.38. The van der Waals surface area contributed by atoms with E-state index in [1.807, 2.05) is 41.7 Å². The Labute approximate surface area is 190 Å². The van der Waals surface area contributed by atoms with Crippen LogP contribution in [-0.2, 0) is 4.74 Å². The second kappa shape index (κ2) is 9.11. The molecule has 0 unspecified atom stereocenters. The lowest BCUT2D eigenvalue weighted by atomic mass is 10.1. The highest BCUT2D eigenvalue weighted by Gasteiger charge is 2.18. The van der Waals surface area contributed by atoms with Crippen molar-refractivity contribution in [3.8, 4) is 11.3 Å². The zero-order valence-electron chi connectivity index (χ0n) is 17.6. The van der Waals surface area contributed by atoms with E-state index in [0.29, 0.717) is 22.8 Å². The molecule has 0 saturated heterocycles. The third kappa shape index (κ3) is 4.29. The van der Waals surface area contributed by atoms with Crippen molar-refractivity contribution >= 4 is 40.6 Å². The predicted octanol–water partition coefficient (Wildman–Crippen LogP) is 5.50. The van der Waals surface area contributed by atoms with Gasteiger partial charge in [-0.1, -0.05) is 23.7 Å². The average molecular weight is 449 g/mol. The van der Waals surface area contributed by atoms with E-state index in [1.54, 1.807) is 47.6 Å². The molecule has 162 valence electrons. The van der Waals surface area contributed by atoms with Gasteiger partial charge in [0.25, 0.3) is 5.91 Å². The Bertz CT molecular complexity index is 1270. The number of aromatic nitrogens is 2. The summed E-state index contributed by atoms with van der Waals surface area (Å²) in [5, 5.41) is 3.24. The second-order valence-electron chi connectivity index (χ2n) is 7.01. The van der Waals surface area contributed by atoms with Gasteiger partial charge < -0.3 is 9.64 Å². The van der Waals surface area contributed by atoms with Gasteiger partial charge in [0.2, 0.25) is 0 Å². The molecule has 1 N–H and O–H groups in total. The number of anilines is 2. The first-order chi connectivity index (χ1) is 15.5. The lowest BCUT2D eigenvalue weighted by Crippen LogP contribution is -2.30. The SMILES string of the molecule is CCN(C(=O)c1ccc2ncc(-c3ccc(NC(=O)OC)cc3)n2c1)c1ccc(Cl)cc1. The number of nitrogens with one attached hydrogen (secondary N) is 1. The molecule has 0 radical (unpaired) electrons. The van der Waals surface area contributed by atoms with Crippen molar-refractivity contribution in [2.24, 2.45) is 0 Å². The minimum atomic E-state index is -0.531. The van der Waals surface area contributed by atoms with Gasteiger partial charge in [0.15, 0.2) is 0 Å². The summed E-state index contributed by atoms with van der Waals surface area (Å²) in [6.07, 6.45) is 3.01.